The van der Waals surface area contributed by atoms with Crippen molar-refractivity contribution in [2.75, 3.05) is 13.1 Å². The molecule has 1 amide bonds. The lowest BCUT2D eigenvalue weighted by Crippen LogP contribution is -2.35. The molecule has 1 aliphatic rings. The van der Waals surface area contributed by atoms with Crippen molar-refractivity contribution < 1.29 is 18.7 Å². The first-order valence-electron chi connectivity index (χ1n) is 7.45. The van der Waals surface area contributed by atoms with Gasteiger partial charge < -0.3 is 9.64 Å². The fourth-order valence-corrected chi connectivity index (χ4v) is 2.55. The van der Waals surface area contributed by atoms with Crippen LogP contribution in [0.4, 0.5) is 9.18 Å². The molecule has 1 heterocycles. The molecule has 1 fully saturated rings. The number of ether oxygens (including phenoxy) is 1. The Hall–Kier alpha value is -1.91. The topological polar surface area (TPSA) is 46.6 Å². The van der Waals surface area contributed by atoms with Crippen molar-refractivity contribution in [3.05, 3.63) is 35.1 Å². The number of hydrogen-bond donors (Lipinski definition) is 0. The Morgan fingerprint density at radius 3 is 2.64 bits per heavy atom. The van der Waals surface area contributed by atoms with Crippen LogP contribution in [0.3, 0.4) is 0 Å². The number of rotatable bonds is 2. The molecule has 1 aromatic carbocycles. The molecule has 120 valence electrons. The third-order valence-electron chi connectivity index (χ3n) is 3.68. The zero-order valence-corrected chi connectivity index (χ0v) is 13.5. The average Bonchev–Trinajstić information content (AvgIpc) is 2.88. The monoisotopic (exact) mass is 307 g/mol. The summed E-state index contributed by atoms with van der Waals surface area (Å²) in [6.45, 7) is 8.01. The second-order valence-corrected chi connectivity index (χ2v) is 6.74. The molecule has 0 N–H and O–H groups in total. The van der Waals surface area contributed by atoms with Gasteiger partial charge in [-0.2, -0.15) is 0 Å². The Balaban J connectivity index is 2.05. The normalized spacial score (nSPS) is 18.4. The van der Waals surface area contributed by atoms with Crippen LogP contribution in [0.25, 0.3) is 0 Å². The summed E-state index contributed by atoms with van der Waals surface area (Å²) in [5, 5.41) is 0. The zero-order chi connectivity index (χ0) is 16.5. The predicted molar refractivity (Wildman–Crippen MR) is 81.4 cm³/mol. The highest BCUT2D eigenvalue weighted by Crippen LogP contribution is 2.24. The number of carbonyl (C=O) groups excluding carboxylic acids is 2. The first kappa shape index (κ1) is 16.5. The smallest absolute Gasteiger partial charge is 0.410 e. The van der Waals surface area contributed by atoms with E-state index in [9.17, 15) is 14.0 Å². The number of likely N-dealkylation sites (tertiary alicyclic amines) is 1. The van der Waals surface area contributed by atoms with Gasteiger partial charge in [-0.1, -0.05) is 6.07 Å². The quantitative estimate of drug-likeness (QED) is 0.785. The van der Waals surface area contributed by atoms with Crippen molar-refractivity contribution in [1.82, 2.24) is 4.90 Å². The van der Waals surface area contributed by atoms with Crippen LogP contribution in [-0.2, 0) is 4.74 Å². The molecule has 22 heavy (non-hydrogen) atoms. The highest BCUT2D eigenvalue weighted by Gasteiger charge is 2.34. The summed E-state index contributed by atoms with van der Waals surface area (Å²) in [4.78, 5) is 26.1. The van der Waals surface area contributed by atoms with Gasteiger partial charge >= 0.3 is 6.09 Å². The molecule has 5 heteroatoms. The predicted octanol–water partition coefficient (Wildman–Crippen LogP) is 3.57. The van der Waals surface area contributed by atoms with Crippen molar-refractivity contribution in [2.24, 2.45) is 5.92 Å². The van der Waals surface area contributed by atoms with Gasteiger partial charge in [-0.15, -0.1) is 0 Å². The summed E-state index contributed by atoms with van der Waals surface area (Å²) in [6.07, 6.45) is 0.173. The Kier molecular flexibility index (Phi) is 4.54. The van der Waals surface area contributed by atoms with Gasteiger partial charge in [-0.25, -0.2) is 9.18 Å². The van der Waals surface area contributed by atoms with Gasteiger partial charge in [-0.05, 0) is 51.8 Å². The molecule has 0 spiro atoms. The molecular formula is C17H22FNO3. The van der Waals surface area contributed by atoms with Gasteiger partial charge in [0.2, 0.25) is 0 Å². The summed E-state index contributed by atoms with van der Waals surface area (Å²) in [6, 6.07) is 4.21. The zero-order valence-electron chi connectivity index (χ0n) is 13.5. The number of halogens is 1. The fraction of sp³-hybridized carbons (Fsp3) is 0.529. The number of Topliss-reactive ketones (excluding diaryl/α,β-unsaturated/α-hetero) is 1. The Labute approximate surface area is 130 Å². The molecule has 0 aromatic heterocycles. The van der Waals surface area contributed by atoms with E-state index >= 15 is 0 Å². The third kappa shape index (κ3) is 3.84. The number of hydrogen-bond acceptors (Lipinski definition) is 3. The molecule has 0 aliphatic carbocycles. The van der Waals surface area contributed by atoms with Crippen LogP contribution in [0.1, 0.15) is 43.1 Å². The molecule has 2 rings (SSSR count). The van der Waals surface area contributed by atoms with Crippen molar-refractivity contribution in [1.29, 1.82) is 0 Å². The first-order chi connectivity index (χ1) is 10.2. The van der Waals surface area contributed by atoms with Crippen LogP contribution >= 0.6 is 0 Å². The van der Waals surface area contributed by atoms with E-state index in [1.54, 1.807) is 38.7 Å². The van der Waals surface area contributed by atoms with Gasteiger partial charge in [0.15, 0.2) is 5.78 Å². The van der Waals surface area contributed by atoms with Crippen LogP contribution in [0.5, 0.6) is 0 Å². The van der Waals surface area contributed by atoms with Gasteiger partial charge in [0.05, 0.1) is 0 Å². The van der Waals surface area contributed by atoms with E-state index in [0.29, 0.717) is 25.1 Å². The highest BCUT2D eigenvalue weighted by atomic mass is 19.1. The van der Waals surface area contributed by atoms with Crippen LogP contribution in [0, 0.1) is 18.7 Å². The van der Waals surface area contributed by atoms with E-state index in [-0.39, 0.29) is 11.7 Å². The Bertz CT molecular complexity index is 592. The number of carbonyl (C=O) groups is 2. The van der Waals surface area contributed by atoms with E-state index in [1.807, 2.05) is 0 Å². The molecule has 0 unspecified atom stereocenters. The molecule has 0 radical (unpaired) electrons. The van der Waals surface area contributed by atoms with E-state index < -0.39 is 17.5 Å². The standard InChI is InChI=1S/C17H22FNO3/c1-11-5-6-13(18)9-14(11)15(20)12-7-8-19(10-12)16(21)22-17(2,3)4/h5-6,9,12H,7-8,10H2,1-4H3/t12-/m1/s1. The number of amides is 1. The minimum absolute atomic E-state index is 0.108. The van der Waals surface area contributed by atoms with Crippen LogP contribution in [-0.4, -0.2) is 35.5 Å². The molecule has 1 saturated heterocycles. The summed E-state index contributed by atoms with van der Waals surface area (Å²) >= 11 is 0. The van der Waals surface area contributed by atoms with Crippen LogP contribution in [0.2, 0.25) is 0 Å². The van der Waals surface area contributed by atoms with Gasteiger partial charge in [0.25, 0.3) is 0 Å². The van der Waals surface area contributed by atoms with E-state index in [2.05, 4.69) is 0 Å². The molecule has 1 aromatic rings. The lowest BCUT2D eigenvalue weighted by atomic mass is 9.94. The van der Waals surface area contributed by atoms with E-state index in [0.717, 1.165) is 5.56 Å². The minimum Gasteiger partial charge on any atom is -0.444 e. The van der Waals surface area contributed by atoms with Crippen LogP contribution < -0.4 is 0 Å². The van der Waals surface area contributed by atoms with Gasteiger partial charge in [0, 0.05) is 24.6 Å². The summed E-state index contributed by atoms with van der Waals surface area (Å²) in [7, 11) is 0. The SMILES string of the molecule is Cc1ccc(F)cc1C(=O)[C@@H]1CCN(C(=O)OC(C)(C)C)C1. The second-order valence-electron chi connectivity index (χ2n) is 6.74. The molecule has 0 saturated carbocycles. The number of benzene rings is 1. The minimum atomic E-state index is -0.557. The summed E-state index contributed by atoms with van der Waals surface area (Å²) in [5.74, 6) is -0.827. The second kappa shape index (κ2) is 6.07. The summed E-state index contributed by atoms with van der Waals surface area (Å²) in [5.41, 5.74) is 0.594. The maximum absolute atomic E-state index is 13.3. The lowest BCUT2D eigenvalue weighted by molar-refractivity contribution is 0.0289. The number of nitrogens with zero attached hydrogens (tertiary/aromatic N) is 1. The Morgan fingerprint density at radius 1 is 1.32 bits per heavy atom. The molecule has 1 atom stereocenters. The number of aryl methyl sites for hydroxylation is 1. The van der Waals surface area contributed by atoms with E-state index in [4.69, 9.17) is 4.74 Å². The van der Waals surface area contributed by atoms with Crippen molar-refractivity contribution >= 4 is 11.9 Å². The first-order valence-corrected chi connectivity index (χ1v) is 7.45. The molecule has 4 nitrogen and oxygen atoms in total. The third-order valence-corrected chi connectivity index (χ3v) is 3.68. The van der Waals surface area contributed by atoms with Gasteiger partial charge in [-0.3, -0.25) is 4.79 Å². The largest absolute Gasteiger partial charge is 0.444 e. The molecule has 1 aliphatic heterocycles. The lowest BCUT2D eigenvalue weighted by Gasteiger charge is -2.24. The Morgan fingerprint density at radius 2 is 2.00 bits per heavy atom. The number of ketones is 1. The maximum Gasteiger partial charge on any atom is 0.410 e. The van der Waals surface area contributed by atoms with E-state index in [1.165, 1.54) is 12.1 Å². The fourth-order valence-electron chi connectivity index (χ4n) is 2.55. The van der Waals surface area contributed by atoms with Crippen molar-refractivity contribution in [3.8, 4) is 0 Å². The summed E-state index contributed by atoms with van der Waals surface area (Å²) < 4.78 is 18.7. The van der Waals surface area contributed by atoms with Crippen molar-refractivity contribution in [2.45, 2.75) is 39.7 Å². The maximum atomic E-state index is 13.3. The van der Waals surface area contributed by atoms with Crippen molar-refractivity contribution in [3.63, 3.8) is 0 Å². The van der Waals surface area contributed by atoms with Gasteiger partial charge in [0.1, 0.15) is 11.4 Å². The average molecular weight is 307 g/mol. The van der Waals surface area contributed by atoms with Crippen LogP contribution in [0.15, 0.2) is 18.2 Å². The molecule has 0 bridgehead atoms. The highest BCUT2D eigenvalue weighted by molar-refractivity contribution is 5.99. The molecular weight excluding hydrogens is 285 g/mol.